The van der Waals surface area contributed by atoms with Crippen molar-refractivity contribution in [1.82, 2.24) is 24.5 Å². The first kappa shape index (κ1) is 23.6. The van der Waals surface area contributed by atoms with Gasteiger partial charge >= 0.3 is 5.97 Å². The summed E-state index contributed by atoms with van der Waals surface area (Å²) in [6.45, 7) is 5.62. The van der Waals surface area contributed by atoms with Crippen LogP contribution in [0.3, 0.4) is 0 Å². The van der Waals surface area contributed by atoms with Crippen LogP contribution in [0.2, 0.25) is 0 Å². The van der Waals surface area contributed by atoms with Crippen molar-refractivity contribution in [2.24, 2.45) is 0 Å². The molecule has 0 aliphatic carbocycles. The number of nitrogens with zero attached hydrogens (tertiary/aromatic N) is 6. The minimum absolute atomic E-state index is 0.0102. The molecule has 9 nitrogen and oxygen atoms in total. The van der Waals surface area contributed by atoms with Gasteiger partial charge in [0, 0.05) is 37.7 Å². The zero-order chi connectivity index (χ0) is 25.4. The van der Waals surface area contributed by atoms with Crippen LogP contribution >= 0.6 is 0 Å². The molecule has 5 rings (SSSR count). The van der Waals surface area contributed by atoms with Crippen LogP contribution in [-0.2, 0) is 0 Å². The number of carboxylic acid groups (broad SMARTS) is 1. The summed E-state index contributed by atoms with van der Waals surface area (Å²) in [5.74, 6) is -1.38. The quantitative estimate of drug-likeness (QED) is 0.390. The van der Waals surface area contributed by atoms with Crippen LogP contribution in [0.25, 0.3) is 11.0 Å². The Morgan fingerprint density at radius 1 is 1.08 bits per heavy atom. The van der Waals surface area contributed by atoms with Gasteiger partial charge in [-0.05, 0) is 42.5 Å². The van der Waals surface area contributed by atoms with E-state index in [0.29, 0.717) is 30.6 Å². The lowest BCUT2D eigenvalue weighted by atomic mass is 10.1. The van der Waals surface area contributed by atoms with Crippen molar-refractivity contribution >= 4 is 34.5 Å². The SMILES string of the molecule is CC(C)c1cnc(N2CCC(n3cc(F)c4c(Nc5ccc(C(=O)O)cc5F)ncnc43)CC2)nc1. The van der Waals surface area contributed by atoms with Crippen molar-refractivity contribution in [1.29, 1.82) is 0 Å². The minimum atomic E-state index is -1.24. The largest absolute Gasteiger partial charge is 0.478 e. The first-order chi connectivity index (χ1) is 17.3. The summed E-state index contributed by atoms with van der Waals surface area (Å²) < 4.78 is 31.4. The predicted octanol–water partition coefficient (Wildman–Crippen LogP) is 4.91. The number of benzene rings is 1. The molecule has 1 aliphatic rings. The Morgan fingerprint density at radius 2 is 1.81 bits per heavy atom. The molecule has 1 aliphatic heterocycles. The highest BCUT2D eigenvalue weighted by Crippen LogP contribution is 2.33. The number of rotatable bonds is 6. The molecular weight excluding hydrogens is 468 g/mol. The maximum absolute atomic E-state index is 15.1. The number of hydrogen-bond acceptors (Lipinski definition) is 7. The summed E-state index contributed by atoms with van der Waals surface area (Å²) in [4.78, 5) is 30.6. The maximum Gasteiger partial charge on any atom is 0.335 e. The summed E-state index contributed by atoms with van der Waals surface area (Å²) in [6.07, 6.45) is 7.91. The molecule has 186 valence electrons. The monoisotopic (exact) mass is 493 g/mol. The molecule has 0 radical (unpaired) electrons. The van der Waals surface area contributed by atoms with Gasteiger partial charge in [-0.25, -0.2) is 33.5 Å². The second-order valence-electron chi connectivity index (χ2n) is 9.12. The van der Waals surface area contributed by atoms with Gasteiger partial charge in [0.1, 0.15) is 23.6 Å². The molecule has 2 N–H and O–H groups in total. The van der Waals surface area contributed by atoms with Crippen LogP contribution in [0.4, 0.5) is 26.2 Å². The molecule has 0 unspecified atom stereocenters. The molecule has 1 aromatic carbocycles. The predicted molar refractivity (Wildman–Crippen MR) is 131 cm³/mol. The standard InChI is InChI=1S/C25H25F2N7O2/c1-14(2)16-10-28-25(29-11-16)33-7-5-17(6-8-33)34-12-19(27)21-22(30-13-31-23(21)34)32-20-4-3-15(24(35)36)9-18(20)26/h3-4,9-14,17H,5-8H2,1-2H3,(H,35,36)(H,30,31,32). The van der Waals surface area contributed by atoms with Gasteiger partial charge in [0.2, 0.25) is 5.95 Å². The fourth-order valence-corrected chi connectivity index (χ4v) is 4.43. The van der Waals surface area contributed by atoms with Gasteiger partial charge < -0.3 is 19.9 Å². The van der Waals surface area contributed by atoms with Crippen molar-refractivity contribution in [2.45, 2.75) is 38.6 Å². The second-order valence-corrected chi connectivity index (χ2v) is 9.12. The highest BCUT2D eigenvalue weighted by molar-refractivity contribution is 5.91. The number of aromatic carboxylic acids is 1. The number of aromatic nitrogens is 5. The lowest BCUT2D eigenvalue weighted by molar-refractivity contribution is 0.0696. The van der Waals surface area contributed by atoms with Crippen LogP contribution in [0.1, 0.15) is 54.6 Å². The van der Waals surface area contributed by atoms with Crippen molar-refractivity contribution in [3.63, 3.8) is 0 Å². The smallest absolute Gasteiger partial charge is 0.335 e. The molecule has 3 aromatic heterocycles. The molecular formula is C25H25F2N7O2. The molecule has 4 heterocycles. The third-order valence-corrected chi connectivity index (χ3v) is 6.50. The van der Waals surface area contributed by atoms with E-state index in [1.54, 1.807) is 0 Å². The van der Waals surface area contributed by atoms with Crippen molar-refractivity contribution in [2.75, 3.05) is 23.3 Å². The molecule has 11 heteroatoms. The Bertz CT molecular complexity index is 1410. The van der Waals surface area contributed by atoms with E-state index in [9.17, 15) is 9.18 Å². The number of anilines is 3. The van der Waals surface area contributed by atoms with Crippen molar-refractivity contribution in [3.05, 3.63) is 65.9 Å². The van der Waals surface area contributed by atoms with Crippen LogP contribution in [0.5, 0.6) is 0 Å². The zero-order valence-electron chi connectivity index (χ0n) is 19.8. The van der Waals surface area contributed by atoms with E-state index >= 15 is 4.39 Å². The molecule has 0 bridgehead atoms. The number of carbonyl (C=O) groups is 1. The highest BCUT2D eigenvalue weighted by atomic mass is 19.1. The number of hydrogen-bond donors (Lipinski definition) is 2. The fourth-order valence-electron chi connectivity index (χ4n) is 4.43. The Morgan fingerprint density at radius 3 is 2.44 bits per heavy atom. The van der Waals surface area contributed by atoms with E-state index in [1.807, 2.05) is 17.0 Å². The number of halogens is 2. The summed E-state index contributed by atoms with van der Waals surface area (Å²) in [7, 11) is 0. The topological polar surface area (TPSA) is 109 Å². The number of piperidine rings is 1. The number of fused-ring (bicyclic) bond motifs is 1. The number of carboxylic acids is 1. The lowest BCUT2D eigenvalue weighted by Crippen LogP contribution is -2.35. The normalized spacial score (nSPS) is 14.5. The average Bonchev–Trinajstić information content (AvgIpc) is 3.22. The first-order valence-corrected chi connectivity index (χ1v) is 11.7. The van der Waals surface area contributed by atoms with E-state index in [1.165, 1.54) is 24.7 Å². The molecule has 0 saturated carbocycles. The van der Waals surface area contributed by atoms with E-state index < -0.39 is 17.6 Å². The van der Waals surface area contributed by atoms with Crippen molar-refractivity contribution < 1.29 is 18.7 Å². The lowest BCUT2D eigenvalue weighted by Gasteiger charge is -2.32. The average molecular weight is 494 g/mol. The summed E-state index contributed by atoms with van der Waals surface area (Å²) in [5, 5.41) is 12.0. The minimum Gasteiger partial charge on any atom is -0.478 e. The van der Waals surface area contributed by atoms with Gasteiger partial charge in [0.25, 0.3) is 0 Å². The molecule has 1 fully saturated rings. The van der Waals surface area contributed by atoms with Gasteiger partial charge in [0.05, 0.1) is 16.6 Å². The highest BCUT2D eigenvalue weighted by Gasteiger charge is 2.26. The third kappa shape index (κ3) is 4.43. The van der Waals surface area contributed by atoms with Crippen LogP contribution in [-0.4, -0.2) is 48.7 Å². The molecule has 0 amide bonds. The van der Waals surface area contributed by atoms with Crippen molar-refractivity contribution in [3.8, 4) is 0 Å². The first-order valence-electron chi connectivity index (χ1n) is 11.7. The van der Waals surface area contributed by atoms with Gasteiger partial charge in [0.15, 0.2) is 5.82 Å². The van der Waals surface area contributed by atoms with Gasteiger partial charge in [-0.2, -0.15) is 0 Å². The Hall–Kier alpha value is -4.15. The van der Waals surface area contributed by atoms with Gasteiger partial charge in [-0.3, -0.25) is 0 Å². The van der Waals surface area contributed by atoms with E-state index in [0.717, 1.165) is 24.5 Å². The Kier molecular flexibility index (Phi) is 6.21. The zero-order valence-corrected chi connectivity index (χ0v) is 19.8. The van der Waals surface area contributed by atoms with E-state index in [4.69, 9.17) is 5.11 Å². The second kappa shape index (κ2) is 9.48. The Balaban J connectivity index is 1.36. The molecule has 1 saturated heterocycles. The van der Waals surface area contributed by atoms with E-state index in [-0.39, 0.29) is 28.5 Å². The fraction of sp³-hybridized carbons (Fsp3) is 0.320. The van der Waals surface area contributed by atoms with Crippen LogP contribution < -0.4 is 10.2 Å². The summed E-state index contributed by atoms with van der Waals surface area (Å²) in [6, 6.07) is 3.46. The van der Waals surface area contributed by atoms with Crippen LogP contribution in [0, 0.1) is 11.6 Å². The Labute approximate surface area is 205 Å². The molecule has 0 spiro atoms. The van der Waals surface area contributed by atoms with Crippen LogP contribution in [0.15, 0.2) is 43.1 Å². The summed E-state index contributed by atoms with van der Waals surface area (Å²) >= 11 is 0. The molecule has 0 atom stereocenters. The molecule has 4 aromatic rings. The maximum atomic E-state index is 15.1. The number of nitrogens with one attached hydrogen (secondary N) is 1. The van der Waals surface area contributed by atoms with Gasteiger partial charge in [-0.15, -0.1) is 0 Å². The third-order valence-electron chi connectivity index (χ3n) is 6.50. The van der Waals surface area contributed by atoms with Gasteiger partial charge in [-0.1, -0.05) is 13.8 Å². The summed E-state index contributed by atoms with van der Waals surface area (Å²) in [5.41, 5.74) is 1.30. The molecule has 36 heavy (non-hydrogen) atoms. The van der Waals surface area contributed by atoms with E-state index in [2.05, 4.69) is 44.0 Å².